The van der Waals surface area contributed by atoms with E-state index in [2.05, 4.69) is 29.4 Å². The van der Waals surface area contributed by atoms with Crippen molar-refractivity contribution >= 4 is 34.5 Å². The van der Waals surface area contributed by atoms with Gasteiger partial charge in [-0.2, -0.15) is 5.10 Å². The van der Waals surface area contributed by atoms with Gasteiger partial charge in [0.25, 0.3) is 0 Å². The molecule has 1 unspecified atom stereocenters. The number of benzene rings is 2. The zero-order chi connectivity index (χ0) is 28.1. The van der Waals surface area contributed by atoms with Crippen LogP contribution >= 0.6 is 0 Å². The van der Waals surface area contributed by atoms with Gasteiger partial charge in [-0.3, -0.25) is 9.48 Å². The maximum absolute atomic E-state index is 14.2. The first-order valence-corrected chi connectivity index (χ1v) is 15.0. The molecular formula is C34H37N3O4. The summed E-state index contributed by atoms with van der Waals surface area (Å²) in [7, 11) is 3.39. The van der Waals surface area contributed by atoms with E-state index in [0.717, 1.165) is 78.4 Å². The van der Waals surface area contributed by atoms with Crippen LogP contribution in [0.25, 0.3) is 17.0 Å². The average Bonchev–Trinajstić information content (AvgIpc) is 3.38. The summed E-state index contributed by atoms with van der Waals surface area (Å²) < 4.78 is 13.5. The van der Waals surface area contributed by atoms with Crippen molar-refractivity contribution in [2.45, 2.75) is 69.8 Å². The lowest BCUT2D eigenvalue weighted by Crippen LogP contribution is -2.46. The van der Waals surface area contributed by atoms with Crippen LogP contribution in [0.15, 0.2) is 59.5 Å². The van der Waals surface area contributed by atoms with Crippen molar-refractivity contribution in [1.29, 1.82) is 0 Å². The van der Waals surface area contributed by atoms with Crippen molar-refractivity contribution in [3.63, 3.8) is 0 Å². The van der Waals surface area contributed by atoms with E-state index in [-0.39, 0.29) is 23.4 Å². The lowest BCUT2D eigenvalue weighted by Gasteiger charge is -2.50. The minimum atomic E-state index is -0.279. The van der Waals surface area contributed by atoms with Crippen LogP contribution in [-0.2, 0) is 38.1 Å². The highest BCUT2D eigenvalue weighted by molar-refractivity contribution is 5.99. The third-order valence-corrected chi connectivity index (χ3v) is 9.73. The fourth-order valence-electron chi connectivity index (χ4n) is 7.34. The summed E-state index contributed by atoms with van der Waals surface area (Å²) in [5.41, 5.74) is 7.09. The Morgan fingerprint density at radius 2 is 1.95 bits per heavy atom. The Kier molecular flexibility index (Phi) is 6.48. The molecule has 0 spiro atoms. The van der Waals surface area contributed by atoms with Crippen molar-refractivity contribution in [3.8, 4) is 0 Å². The van der Waals surface area contributed by atoms with Crippen LogP contribution in [0.3, 0.4) is 0 Å². The smallest absolute Gasteiger partial charge is 0.333 e. The van der Waals surface area contributed by atoms with Gasteiger partial charge in [0, 0.05) is 36.0 Å². The van der Waals surface area contributed by atoms with Gasteiger partial charge in [0.1, 0.15) is 11.4 Å². The average molecular weight is 552 g/mol. The Balaban J connectivity index is 1.19. The van der Waals surface area contributed by atoms with Crippen molar-refractivity contribution in [1.82, 2.24) is 9.78 Å². The van der Waals surface area contributed by atoms with Crippen molar-refractivity contribution in [2.75, 3.05) is 18.6 Å². The van der Waals surface area contributed by atoms with Crippen LogP contribution in [0.5, 0.6) is 0 Å². The number of methoxy groups -OCH3 is 1. The third-order valence-electron chi connectivity index (χ3n) is 9.73. The van der Waals surface area contributed by atoms with Gasteiger partial charge in [-0.1, -0.05) is 37.5 Å². The first kappa shape index (κ1) is 26.1. The number of hydrogen-bond acceptors (Lipinski definition) is 5. The Morgan fingerprint density at radius 1 is 1.12 bits per heavy atom. The van der Waals surface area contributed by atoms with Gasteiger partial charge in [0.05, 0.1) is 25.4 Å². The Morgan fingerprint density at radius 3 is 2.71 bits per heavy atom. The largest absolute Gasteiger partial charge is 0.486 e. The topological polar surface area (TPSA) is 73.7 Å². The predicted molar refractivity (Wildman–Crippen MR) is 158 cm³/mol. The van der Waals surface area contributed by atoms with Crippen molar-refractivity contribution in [2.24, 2.45) is 13.0 Å². The van der Waals surface area contributed by atoms with E-state index in [9.17, 15) is 9.59 Å². The van der Waals surface area contributed by atoms with Crippen LogP contribution in [0.4, 0.5) is 5.69 Å². The first-order valence-electron chi connectivity index (χ1n) is 15.0. The van der Waals surface area contributed by atoms with E-state index in [0.29, 0.717) is 25.0 Å². The molecule has 0 radical (unpaired) electrons. The molecule has 2 fully saturated rings. The highest BCUT2D eigenvalue weighted by Gasteiger charge is 2.49. The van der Waals surface area contributed by atoms with Crippen LogP contribution < -0.4 is 4.90 Å². The Hall–Kier alpha value is -3.87. The van der Waals surface area contributed by atoms with E-state index < -0.39 is 0 Å². The van der Waals surface area contributed by atoms with Gasteiger partial charge in [-0.25, -0.2) is 4.79 Å². The van der Waals surface area contributed by atoms with Gasteiger partial charge in [0.15, 0.2) is 0 Å². The SMILES string of the molecule is COC(=O)C1=Cc2cccc(N(CC3=C4CC(c5ccc6c(cnn6C)c5)(CC3)O4)C(=O)C3CCCCC3)c2CC1. The summed E-state index contributed by atoms with van der Waals surface area (Å²) in [6, 6.07) is 12.7. The predicted octanol–water partition coefficient (Wildman–Crippen LogP) is 6.35. The van der Waals surface area contributed by atoms with E-state index in [1.807, 2.05) is 41.0 Å². The molecular weight excluding hydrogens is 514 g/mol. The molecule has 5 aliphatic rings. The van der Waals surface area contributed by atoms with Gasteiger partial charge >= 0.3 is 5.97 Å². The van der Waals surface area contributed by atoms with Gasteiger partial charge in [-0.05, 0) is 85.1 Å². The molecule has 7 nitrogen and oxygen atoms in total. The van der Waals surface area contributed by atoms with E-state index >= 15 is 0 Å². The van der Waals surface area contributed by atoms with Gasteiger partial charge in [-0.15, -0.1) is 0 Å². The van der Waals surface area contributed by atoms with E-state index in [1.165, 1.54) is 24.7 Å². The number of esters is 1. The summed E-state index contributed by atoms with van der Waals surface area (Å²) in [5, 5.41) is 5.53. The lowest BCUT2D eigenvalue weighted by atomic mass is 9.74. The second kappa shape index (κ2) is 10.2. The number of ether oxygens (including phenoxy) is 2. The number of anilines is 1. The Bertz CT molecular complexity index is 1600. The number of aryl methyl sites for hydroxylation is 1. The monoisotopic (exact) mass is 551 g/mol. The van der Waals surface area contributed by atoms with Crippen molar-refractivity contribution < 1.29 is 19.1 Å². The number of rotatable bonds is 6. The second-order valence-corrected chi connectivity index (χ2v) is 12.1. The van der Waals surface area contributed by atoms with Crippen LogP contribution in [-0.4, -0.2) is 35.3 Å². The molecule has 3 aliphatic carbocycles. The maximum atomic E-state index is 14.2. The molecule has 2 aliphatic heterocycles. The number of carbonyl (C=O) groups is 2. The molecule has 7 heteroatoms. The number of fused-ring (bicyclic) bond motifs is 4. The zero-order valence-corrected chi connectivity index (χ0v) is 23.9. The first-order chi connectivity index (χ1) is 20.0. The van der Waals surface area contributed by atoms with E-state index in [1.54, 1.807) is 0 Å². The van der Waals surface area contributed by atoms with Crippen LogP contribution in [0.2, 0.25) is 0 Å². The van der Waals surface area contributed by atoms with Gasteiger partial charge in [0.2, 0.25) is 5.91 Å². The maximum Gasteiger partial charge on any atom is 0.333 e. The molecule has 2 aromatic carbocycles. The normalized spacial score (nSPS) is 22.0. The number of nitrogens with zero attached hydrogens (tertiary/aromatic N) is 3. The molecule has 1 saturated heterocycles. The third kappa shape index (κ3) is 4.46. The molecule has 2 bridgehead atoms. The quantitative estimate of drug-likeness (QED) is 0.334. The molecule has 8 rings (SSSR count). The molecule has 1 aromatic heterocycles. The molecule has 3 heterocycles. The summed E-state index contributed by atoms with van der Waals surface area (Å²) in [5.74, 6) is 1.05. The van der Waals surface area contributed by atoms with Crippen LogP contribution in [0.1, 0.15) is 74.5 Å². The molecule has 1 amide bonds. The summed E-state index contributed by atoms with van der Waals surface area (Å²) in [4.78, 5) is 28.4. The lowest BCUT2D eigenvalue weighted by molar-refractivity contribution is -0.136. The van der Waals surface area contributed by atoms with Crippen molar-refractivity contribution in [3.05, 3.63) is 76.2 Å². The summed E-state index contributed by atoms with van der Waals surface area (Å²) >= 11 is 0. The minimum absolute atomic E-state index is 0.0613. The van der Waals surface area contributed by atoms with Gasteiger partial charge < -0.3 is 14.4 Å². The second-order valence-electron chi connectivity index (χ2n) is 12.1. The zero-order valence-electron chi connectivity index (χ0n) is 23.9. The molecule has 3 aromatic rings. The highest BCUT2D eigenvalue weighted by atomic mass is 16.5. The van der Waals surface area contributed by atoms with E-state index in [4.69, 9.17) is 9.47 Å². The standard InChI is InChI=1S/C34H37N3O4/c1-36-29-14-12-27(18-26(29)20-35-36)34-16-15-25(31(19-34)41-34)21-37(32(38)22-7-4-3-5-8-22)30-10-6-9-23-17-24(33(39)40-2)11-13-28(23)30/h6,9-10,12,14,17-18,20,22H,3-5,7-8,11,13,15-16,19,21H2,1-2H3. The minimum Gasteiger partial charge on any atom is -0.486 e. The Labute approximate surface area is 240 Å². The fourth-order valence-corrected chi connectivity index (χ4v) is 7.34. The molecule has 41 heavy (non-hydrogen) atoms. The van der Waals surface area contributed by atoms with Crippen LogP contribution in [0, 0.1) is 5.92 Å². The number of hydrogen-bond donors (Lipinski definition) is 0. The number of aromatic nitrogens is 2. The fraction of sp³-hybridized carbons (Fsp3) is 0.441. The molecule has 1 atom stereocenters. The summed E-state index contributed by atoms with van der Waals surface area (Å²) in [6.45, 7) is 0.562. The summed E-state index contributed by atoms with van der Waals surface area (Å²) in [6.07, 6.45) is 13.2. The molecule has 1 saturated carbocycles. The number of amides is 1. The molecule has 212 valence electrons. The molecule has 0 N–H and O–H groups in total. The number of carbonyl (C=O) groups excluding carboxylic acids is 2. The highest BCUT2D eigenvalue weighted by Crippen LogP contribution is 2.54.